The average Bonchev–Trinajstić information content (AvgIpc) is 2.90. The molecule has 0 saturated carbocycles. The Morgan fingerprint density at radius 3 is 3.00 bits per heavy atom. The Morgan fingerprint density at radius 1 is 1.48 bits per heavy atom. The van der Waals surface area contributed by atoms with Crippen molar-refractivity contribution < 1.29 is 13.9 Å². The smallest absolute Gasteiger partial charge is 0.229 e. The van der Waals surface area contributed by atoms with Gasteiger partial charge in [0.25, 0.3) is 0 Å². The summed E-state index contributed by atoms with van der Waals surface area (Å²) in [6.07, 6.45) is 1.25. The Hall–Kier alpha value is -2.35. The molecule has 1 atom stereocenters. The number of rotatable bonds is 4. The molecule has 7 nitrogen and oxygen atoms in total. The van der Waals surface area contributed by atoms with Crippen molar-refractivity contribution in [3.63, 3.8) is 0 Å². The molecule has 122 valence electrons. The number of halogens is 1. The number of hydrogen-bond donors (Lipinski definition) is 0. The van der Waals surface area contributed by atoms with E-state index in [-0.39, 0.29) is 18.4 Å². The molecule has 0 aromatic carbocycles. The standard InChI is InChI=1S/C15H18FN5O2/c1-10-14-8-20(13(9-23-2)7-21(14)19-18-10)15(22)5-12-4-3-11(16)6-17-12/h3-4,6,13H,5,7-9H2,1-2H3. The van der Waals surface area contributed by atoms with Crippen LogP contribution < -0.4 is 0 Å². The van der Waals surface area contributed by atoms with Crippen LogP contribution in [0.5, 0.6) is 0 Å². The molecule has 8 heteroatoms. The van der Waals surface area contributed by atoms with Gasteiger partial charge in [-0.3, -0.25) is 9.78 Å². The van der Waals surface area contributed by atoms with Gasteiger partial charge in [0.2, 0.25) is 5.91 Å². The van der Waals surface area contributed by atoms with E-state index in [1.807, 2.05) is 11.6 Å². The second kappa shape index (κ2) is 6.41. The molecule has 23 heavy (non-hydrogen) atoms. The van der Waals surface area contributed by atoms with Crippen LogP contribution in [0.4, 0.5) is 4.39 Å². The number of pyridine rings is 1. The van der Waals surface area contributed by atoms with E-state index in [0.717, 1.165) is 17.6 Å². The molecule has 0 fully saturated rings. The number of aryl methyl sites for hydroxylation is 1. The summed E-state index contributed by atoms with van der Waals surface area (Å²) in [5, 5.41) is 8.16. The number of fused-ring (bicyclic) bond motifs is 1. The molecule has 0 saturated heterocycles. The van der Waals surface area contributed by atoms with Crippen molar-refractivity contribution in [2.75, 3.05) is 13.7 Å². The van der Waals surface area contributed by atoms with Crippen LogP contribution in [0.15, 0.2) is 18.3 Å². The Bertz CT molecular complexity index is 700. The number of carbonyl (C=O) groups excluding carboxylic acids is 1. The summed E-state index contributed by atoms with van der Waals surface area (Å²) in [5.41, 5.74) is 2.29. The number of methoxy groups -OCH3 is 1. The highest BCUT2D eigenvalue weighted by Gasteiger charge is 2.31. The quantitative estimate of drug-likeness (QED) is 0.830. The first-order valence-corrected chi connectivity index (χ1v) is 7.36. The van der Waals surface area contributed by atoms with Crippen molar-refractivity contribution in [1.29, 1.82) is 0 Å². The molecule has 2 aromatic rings. The van der Waals surface area contributed by atoms with Crippen LogP contribution in [0.25, 0.3) is 0 Å². The number of amides is 1. The second-order valence-electron chi connectivity index (χ2n) is 5.58. The molecule has 3 heterocycles. The van der Waals surface area contributed by atoms with Gasteiger partial charge in [-0.1, -0.05) is 5.21 Å². The maximum atomic E-state index is 12.9. The Kier molecular flexibility index (Phi) is 4.33. The first-order chi connectivity index (χ1) is 11.1. The molecule has 0 aliphatic carbocycles. The van der Waals surface area contributed by atoms with Crippen LogP contribution in [0.2, 0.25) is 0 Å². The summed E-state index contributed by atoms with van der Waals surface area (Å²) in [5.74, 6) is -0.486. The largest absolute Gasteiger partial charge is 0.382 e. The van der Waals surface area contributed by atoms with Crippen LogP contribution in [0.1, 0.15) is 17.1 Å². The van der Waals surface area contributed by atoms with Crippen LogP contribution >= 0.6 is 0 Å². The van der Waals surface area contributed by atoms with Gasteiger partial charge >= 0.3 is 0 Å². The predicted octanol–water partition coefficient (Wildman–Crippen LogP) is 0.721. The normalized spacial score (nSPS) is 17.2. The monoisotopic (exact) mass is 319 g/mol. The lowest BCUT2D eigenvalue weighted by Gasteiger charge is -2.35. The van der Waals surface area contributed by atoms with Gasteiger partial charge < -0.3 is 9.64 Å². The first kappa shape index (κ1) is 15.5. The van der Waals surface area contributed by atoms with Crippen molar-refractivity contribution in [2.24, 2.45) is 0 Å². The number of aromatic nitrogens is 4. The first-order valence-electron chi connectivity index (χ1n) is 7.36. The van der Waals surface area contributed by atoms with Crippen LogP contribution in [0, 0.1) is 12.7 Å². The zero-order chi connectivity index (χ0) is 16.4. The third-order valence-electron chi connectivity index (χ3n) is 3.98. The topological polar surface area (TPSA) is 73.1 Å². The molecular weight excluding hydrogens is 301 g/mol. The number of hydrogen-bond acceptors (Lipinski definition) is 5. The molecule has 1 aliphatic rings. The number of carbonyl (C=O) groups is 1. The minimum atomic E-state index is -0.415. The lowest BCUT2D eigenvalue weighted by Crippen LogP contribution is -2.49. The van der Waals surface area contributed by atoms with E-state index in [1.54, 1.807) is 12.0 Å². The van der Waals surface area contributed by atoms with Crippen molar-refractivity contribution in [3.05, 3.63) is 41.2 Å². The third kappa shape index (κ3) is 3.21. The number of nitrogens with zero attached hydrogens (tertiary/aromatic N) is 5. The van der Waals surface area contributed by atoms with Crippen LogP contribution in [-0.4, -0.2) is 50.5 Å². The van der Waals surface area contributed by atoms with Gasteiger partial charge in [0, 0.05) is 12.8 Å². The van der Waals surface area contributed by atoms with E-state index in [1.165, 1.54) is 12.1 Å². The second-order valence-corrected chi connectivity index (χ2v) is 5.58. The van der Waals surface area contributed by atoms with Gasteiger partial charge in [-0.15, -0.1) is 5.10 Å². The van der Waals surface area contributed by atoms with Gasteiger partial charge in [0.1, 0.15) is 5.82 Å². The summed E-state index contributed by atoms with van der Waals surface area (Å²) in [7, 11) is 1.60. The van der Waals surface area contributed by atoms with E-state index in [4.69, 9.17) is 4.74 Å². The molecule has 0 bridgehead atoms. The molecule has 0 radical (unpaired) electrons. The molecular formula is C15H18FN5O2. The summed E-state index contributed by atoms with van der Waals surface area (Å²) in [4.78, 5) is 18.4. The van der Waals surface area contributed by atoms with Crippen LogP contribution in [0.3, 0.4) is 0 Å². The van der Waals surface area contributed by atoms with Crippen LogP contribution in [-0.2, 0) is 29.0 Å². The maximum Gasteiger partial charge on any atom is 0.229 e. The molecule has 0 N–H and O–H groups in total. The predicted molar refractivity (Wildman–Crippen MR) is 78.9 cm³/mol. The molecule has 1 unspecified atom stereocenters. The van der Waals surface area contributed by atoms with Gasteiger partial charge in [-0.25, -0.2) is 9.07 Å². The third-order valence-corrected chi connectivity index (χ3v) is 3.98. The Balaban J connectivity index is 1.79. The highest BCUT2D eigenvalue weighted by atomic mass is 19.1. The molecule has 2 aromatic heterocycles. The summed E-state index contributed by atoms with van der Waals surface area (Å²) in [6, 6.07) is 2.72. The van der Waals surface area contributed by atoms with Crippen molar-refractivity contribution in [2.45, 2.75) is 32.5 Å². The summed E-state index contributed by atoms with van der Waals surface area (Å²) < 4.78 is 20.0. The SMILES string of the molecule is COCC1Cn2nnc(C)c2CN1C(=O)Cc1ccc(F)cn1. The van der Waals surface area contributed by atoms with Crippen molar-refractivity contribution in [1.82, 2.24) is 24.9 Å². The summed E-state index contributed by atoms with van der Waals surface area (Å²) in [6.45, 7) is 3.28. The average molecular weight is 319 g/mol. The van der Waals surface area contributed by atoms with E-state index in [9.17, 15) is 9.18 Å². The minimum absolute atomic E-state index is 0.0713. The molecule has 1 amide bonds. The van der Waals surface area contributed by atoms with Gasteiger partial charge in [0.15, 0.2) is 0 Å². The van der Waals surface area contributed by atoms with Gasteiger partial charge in [-0.05, 0) is 19.1 Å². The molecule has 3 rings (SSSR count). The fourth-order valence-corrected chi connectivity index (χ4v) is 2.75. The zero-order valence-electron chi connectivity index (χ0n) is 13.1. The highest BCUT2D eigenvalue weighted by molar-refractivity contribution is 5.78. The maximum absolute atomic E-state index is 12.9. The Morgan fingerprint density at radius 2 is 2.30 bits per heavy atom. The van der Waals surface area contributed by atoms with E-state index in [2.05, 4.69) is 15.3 Å². The van der Waals surface area contributed by atoms with E-state index < -0.39 is 5.82 Å². The van der Waals surface area contributed by atoms with Crippen molar-refractivity contribution in [3.8, 4) is 0 Å². The number of ether oxygens (including phenoxy) is 1. The minimum Gasteiger partial charge on any atom is -0.382 e. The molecule has 1 aliphatic heterocycles. The van der Waals surface area contributed by atoms with E-state index in [0.29, 0.717) is 25.4 Å². The Labute approximate surface area is 133 Å². The van der Waals surface area contributed by atoms with Crippen molar-refractivity contribution >= 4 is 5.91 Å². The fourth-order valence-electron chi connectivity index (χ4n) is 2.75. The zero-order valence-corrected chi connectivity index (χ0v) is 13.1. The van der Waals surface area contributed by atoms with Gasteiger partial charge in [0.05, 0.1) is 49.7 Å². The lowest BCUT2D eigenvalue weighted by atomic mass is 10.1. The fraction of sp³-hybridized carbons (Fsp3) is 0.467. The molecule has 0 spiro atoms. The van der Waals surface area contributed by atoms with E-state index >= 15 is 0 Å². The lowest BCUT2D eigenvalue weighted by molar-refractivity contribution is -0.136. The highest BCUT2D eigenvalue weighted by Crippen LogP contribution is 2.20. The van der Waals surface area contributed by atoms with Gasteiger partial charge in [-0.2, -0.15) is 0 Å². The summed E-state index contributed by atoms with van der Waals surface area (Å²) >= 11 is 0.